The Morgan fingerprint density at radius 3 is 2.46 bits per heavy atom. The fourth-order valence-electron chi connectivity index (χ4n) is 1.85. The van der Waals surface area contributed by atoms with E-state index in [1.165, 1.54) is 19.3 Å². The summed E-state index contributed by atoms with van der Waals surface area (Å²) in [5, 5.41) is 0. The molecule has 2 rings (SSSR count). The molecule has 2 fully saturated rings. The highest BCUT2D eigenvalue weighted by atomic mass is 16.6. The molecule has 0 aromatic carbocycles. The molecule has 1 aliphatic heterocycles. The smallest absolute Gasteiger partial charge is 0.338 e. The first-order valence-electron chi connectivity index (χ1n) is 5.13. The minimum atomic E-state index is -0.262. The maximum atomic E-state index is 11.3. The summed E-state index contributed by atoms with van der Waals surface area (Å²) in [5.41, 5.74) is 0. The molecule has 0 aromatic rings. The predicted molar refractivity (Wildman–Crippen MR) is 47.3 cm³/mol. The van der Waals surface area contributed by atoms with Gasteiger partial charge in [-0.05, 0) is 32.6 Å². The van der Waals surface area contributed by atoms with E-state index in [2.05, 4.69) is 0 Å². The van der Waals surface area contributed by atoms with Gasteiger partial charge in [-0.1, -0.05) is 6.42 Å². The van der Waals surface area contributed by atoms with Crippen LogP contribution >= 0.6 is 0 Å². The summed E-state index contributed by atoms with van der Waals surface area (Å²) in [6, 6.07) is 0. The molecule has 0 bridgehead atoms. The SMILES string of the molecule is CC1OC1C(=O)OC1CCCCC1. The Morgan fingerprint density at radius 2 is 1.92 bits per heavy atom. The van der Waals surface area contributed by atoms with Gasteiger partial charge in [0.2, 0.25) is 0 Å². The topological polar surface area (TPSA) is 38.8 Å². The quantitative estimate of drug-likeness (QED) is 0.484. The zero-order chi connectivity index (χ0) is 9.26. The van der Waals surface area contributed by atoms with E-state index in [0.717, 1.165) is 12.8 Å². The monoisotopic (exact) mass is 184 g/mol. The van der Waals surface area contributed by atoms with Crippen LogP contribution in [0.4, 0.5) is 0 Å². The molecule has 0 amide bonds. The zero-order valence-corrected chi connectivity index (χ0v) is 7.99. The van der Waals surface area contributed by atoms with Gasteiger partial charge in [-0.3, -0.25) is 0 Å². The van der Waals surface area contributed by atoms with Crippen molar-refractivity contribution < 1.29 is 14.3 Å². The molecule has 2 unspecified atom stereocenters. The Morgan fingerprint density at radius 1 is 1.31 bits per heavy atom. The summed E-state index contributed by atoms with van der Waals surface area (Å²) in [4.78, 5) is 11.3. The second kappa shape index (κ2) is 3.66. The van der Waals surface area contributed by atoms with Gasteiger partial charge in [0.25, 0.3) is 0 Å². The second-order valence-corrected chi connectivity index (χ2v) is 3.96. The van der Waals surface area contributed by atoms with Gasteiger partial charge in [-0.2, -0.15) is 0 Å². The lowest BCUT2D eigenvalue weighted by molar-refractivity contribution is -0.151. The van der Waals surface area contributed by atoms with E-state index in [1.807, 2.05) is 6.92 Å². The van der Waals surface area contributed by atoms with Crippen molar-refractivity contribution in [1.29, 1.82) is 0 Å². The molecule has 1 aliphatic carbocycles. The summed E-state index contributed by atoms with van der Waals surface area (Å²) in [5.74, 6) is -0.153. The molecule has 0 spiro atoms. The molecular weight excluding hydrogens is 168 g/mol. The van der Waals surface area contributed by atoms with Gasteiger partial charge in [0, 0.05) is 0 Å². The van der Waals surface area contributed by atoms with E-state index in [4.69, 9.17) is 9.47 Å². The van der Waals surface area contributed by atoms with Crippen molar-refractivity contribution in [2.75, 3.05) is 0 Å². The summed E-state index contributed by atoms with van der Waals surface area (Å²) in [6.45, 7) is 1.90. The molecule has 1 heterocycles. The maximum absolute atomic E-state index is 11.3. The molecular formula is C10H16O3. The Bertz CT molecular complexity index is 196. The molecule has 3 nitrogen and oxygen atoms in total. The zero-order valence-electron chi connectivity index (χ0n) is 7.99. The number of hydrogen-bond donors (Lipinski definition) is 0. The van der Waals surface area contributed by atoms with Crippen LogP contribution in [0.2, 0.25) is 0 Å². The lowest BCUT2D eigenvalue weighted by Crippen LogP contribution is -2.24. The molecule has 0 N–H and O–H groups in total. The van der Waals surface area contributed by atoms with Crippen LogP contribution in [0.25, 0.3) is 0 Å². The van der Waals surface area contributed by atoms with Gasteiger partial charge in [-0.25, -0.2) is 4.79 Å². The van der Waals surface area contributed by atoms with E-state index >= 15 is 0 Å². The molecule has 0 aromatic heterocycles. The van der Waals surface area contributed by atoms with Crippen molar-refractivity contribution in [3.05, 3.63) is 0 Å². The highest BCUT2D eigenvalue weighted by Gasteiger charge is 2.43. The molecule has 2 atom stereocenters. The van der Waals surface area contributed by atoms with Crippen LogP contribution in [0.3, 0.4) is 0 Å². The third kappa shape index (κ3) is 2.21. The van der Waals surface area contributed by atoms with Crippen LogP contribution in [0, 0.1) is 0 Å². The lowest BCUT2D eigenvalue weighted by Gasteiger charge is -2.21. The molecule has 1 saturated carbocycles. The van der Waals surface area contributed by atoms with Crippen molar-refractivity contribution >= 4 is 5.97 Å². The van der Waals surface area contributed by atoms with Crippen molar-refractivity contribution in [1.82, 2.24) is 0 Å². The number of hydrogen-bond acceptors (Lipinski definition) is 3. The second-order valence-electron chi connectivity index (χ2n) is 3.96. The number of esters is 1. The van der Waals surface area contributed by atoms with Crippen molar-refractivity contribution in [2.45, 2.75) is 57.3 Å². The first kappa shape index (κ1) is 9.00. The van der Waals surface area contributed by atoms with Gasteiger partial charge < -0.3 is 9.47 Å². The number of ether oxygens (including phenoxy) is 2. The summed E-state index contributed by atoms with van der Waals surface area (Å²) in [7, 11) is 0. The highest BCUT2D eigenvalue weighted by molar-refractivity contribution is 5.78. The summed E-state index contributed by atoms with van der Waals surface area (Å²) >= 11 is 0. The molecule has 0 radical (unpaired) electrons. The van der Waals surface area contributed by atoms with Crippen LogP contribution in [-0.4, -0.2) is 24.3 Å². The van der Waals surface area contributed by atoms with Gasteiger partial charge in [-0.15, -0.1) is 0 Å². The van der Waals surface area contributed by atoms with Crippen LogP contribution in [0.15, 0.2) is 0 Å². The molecule has 74 valence electrons. The number of carbonyl (C=O) groups is 1. The van der Waals surface area contributed by atoms with E-state index in [0.29, 0.717) is 0 Å². The van der Waals surface area contributed by atoms with E-state index < -0.39 is 0 Å². The largest absolute Gasteiger partial charge is 0.460 e. The normalized spacial score (nSPS) is 34.2. The molecule has 2 aliphatic rings. The Balaban J connectivity index is 1.73. The first-order valence-corrected chi connectivity index (χ1v) is 5.13. The lowest BCUT2D eigenvalue weighted by atomic mass is 9.98. The minimum Gasteiger partial charge on any atom is -0.460 e. The van der Waals surface area contributed by atoms with Gasteiger partial charge >= 0.3 is 5.97 Å². The average molecular weight is 184 g/mol. The van der Waals surface area contributed by atoms with Crippen molar-refractivity contribution in [3.8, 4) is 0 Å². The molecule has 13 heavy (non-hydrogen) atoms. The molecule has 1 saturated heterocycles. The number of carbonyl (C=O) groups excluding carboxylic acids is 1. The van der Waals surface area contributed by atoms with E-state index in [1.54, 1.807) is 0 Å². The number of epoxide rings is 1. The fourth-order valence-corrected chi connectivity index (χ4v) is 1.85. The number of rotatable bonds is 2. The van der Waals surface area contributed by atoms with Crippen molar-refractivity contribution in [2.24, 2.45) is 0 Å². The summed E-state index contributed by atoms with van der Waals surface area (Å²) in [6.07, 6.45) is 5.72. The Hall–Kier alpha value is -0.570. The fraction of sp³-hybridized carbons (Fsp3) is 0.900. The standard InChI is InChI=1S/C10H16O3/c1-7-9(12-7)10(11)13-8-5-3-2-4-6-8/h7-9H,2-6H2,1H3. The van der Waals surface area contributed by atoms with Crippen LogP contribution in [-0.2, 0) is 14.3 Å². The minimum absolute atomic E-state index is 0.0797. The van der Waals surface area contributed by atoms with Gasteiger partial charge in [0.05, 0.1) is 6.10 Å². The van der Waals surface area contributed by atoms with Crippen LogP contribution in [0.5, 0.6) is 0 Å². The van der Waals surface area contributed by atoms with Crippen LogP contribution in [0.1, 0.15) is 39.0 Å². The van der Waals surface area contributed by atoms with E-state index in [-0.39, 0.29) is 24.3 Å². The average Bonchev–Trinajstić information content (AvgIpc) is 2.84. The van der Waals surface area contributed by atoms with Crippen molar-refractivity contribution in [3.63, 3.8) is 0 Å². The van der Waals surface area contributed by atoms with E-state index in [9.17, 15) is 4.79 Å². The van der Waals surface area contributed by atoms with Gasteiger partial charge in [0.1, 0.15) is 6.10 Å². The maximum Gasteiger partial charge on any atom is 0.338 e. The van der Waals surface area contributed by atoms with Crippen LogP contribution < -0.4 is 0 Å². The summed E-state index contributed by atoms with van der Waals surface area (Å²) < 4.78 is 10.4. The Kier molecular flexibility index (Phi) is 2.54. The Labute approximate surface area is 78.4 Å². The predicted octanol–water partition coefficient (Wildman–Crippen LogP) is 1.65. The highest BCUT2D eigenvalue weighted by Crippen LogP contribution is 2.26. The first-order chi connectivity index (χ1) is 6.27. The van der Waals surface area contributed by atoms with Gasteiger partial charge in [0.15, 0.2) is 6.10 Å². The third-order valence-electron chi connectivity index (χ3n) is 2.78. The molecule has 3 heteroatoms. The third-order valence-corrected chi connectivity index (χ3v) is 2.78.